The van der Waals surface area contributed by atoms with Gasteiger partial charge in [0.15, 0.2) is 0 Å². The highest BCUT2D eigenvalue weighted by molar-refractivity contribution is 8.77. The van der Waals surface area contributed by atoms with Gasteiger partial charge in [-0.25, -0.2) is 4.39 Å². The molecule has 0 heterocycles. The lowest BCUT2D eigenvalue weighted by atomic mass is 9.92. The maximum Gasteiger partial charge on any atom is 0.102 e. The zero-order chi connectivity index (χ0) is 16.8. The van der Waals surface area contributed by atoms with Crippen LogP contribution in [0.5, 0.6) is 0 Å². The summed E-state index contributed by atoms with van der Waals surface area (Å²) in [4.78, 5) is 0. The molecule has 0 bridgehead atoms. The highest BCUT2D eigenvalue weighted by Crippen LogP contribution is 2.42. The summed E-state index contributed by atoms with van der Waals surface area (Å²) in [6.07, 6.45) is 12.9. The molecule has 0 aliphatic rings. The van der Waals surface area contributed by atoms with Crippen molar-refractivity contribution >= 4 is 21.6 Å². The molecule has 1 atom stereocenters. The second-order valence-electron chi connectivity index (χ2n) is 7.44. The molecule has 0 nitrogen and oxygen atoms in total. The molecule has 0 aliphatic carbocycles. The minimum absolute atomic E-state index is 0.167. The molecule has 22 heavy (non-hydrogen) atoms. The molecule has 0 aliphatic heterocycles. The summed E-state index contributed by atoms with van der Waals surface area (Å²) in [5.41, 5.74) is 0. The first kappa shape index (κ1) is 22.6. The maximum absolute atomic E-state index is 13.6. The van der Waals surface area contributed by atoms with Gasteiger partial charge in [0.1, 0.15) is 6.67 Å². The first-order valence-corrected chi connectivity index (χ1v) is 11.6. The Morgan fingerprint density at radius 2 is 1.32 bits per heavy atom. The molecule has 0 radical (unpaired) electrons. The Bertz CT molecular complexity index is 226. The Kier molecular flexibility index (Phi) is 14.4. The van der Waals surface area contributed by atoms with E-state index in [0.717, 1.165) is 0 Å². The molecule has 0 N–H and O–H groups in total. The van der Waals surface area contributed by atoms with Gasteiger partial charge in [-0.15, -0.1) is 0 Å². The van der Waals surface area contributed by atoms with Gasteiger partial charge in [0, 0.05) is 10.00 Å². The smallest absolute Gasteiger partial charge is 0.102 e. The fourth-order valence-corrected chi connectivity index (χ4v) is 5.37. The molecular weight excluding hydrogens is 311 g/mol. The van der Waals surface area contributed by atoms with Crippen LogP contribution in [-0.4, -0.2) is 16.7 Å². The zero-order valence-electron chi connectivity index (χ0n) is 15.6. The third kappa shape index (κ3) is 13.1. The van der Waals surface area contributed by atoms with Crippen LogP contribution in [0.3, 0.4) is 0 Å². The molecule has 0 aromatic carbocycles. The van der Waals surface area contributed by atoms with Crippen molar-refractivity contribution in [1.82, 2.24) is 0 Å². The van der Waals surface area contributed by atoms with E-state index in [1.165, 1.54) is 64.2 Å². The lowest BCUT2D eigenvalue weighted by molar-refractivity contribution is 0.345. The van der Waals surface area contributed by atoms with Gasteiger partial charge in [0.25, 0.3) is 0 Å². The van der Waals surface area contributed by atoms with Crippen molar-refractivity contribution in [2.75, 3.05) is 6.67 Å². The van der Waals surface area contributed by atoms with Gasteiger partial charge in [-0.05, 0) is 18.8 Å². The summed E-state index contributed by atoms with van der Waals surface area (Å²) in [5.74, 6) is 0.568. The standard InChI is InChI=1S/C19H39FS2/c1-6-8-10-12-14-17(15-13-11-9-7-2)18(16-20)21-22-19(3,4)5/h17-18H,6-16H2,1-5H3/t18-/m0/s1. The van der Waals surface area contributed by atoms with Crippen LogP contribution in [0.15, 0.2) is 0 Å². The Hall–Kier alpha value is 0.630. The number of rotatable bonds is 14. The Morgan fingerprint density at radius 3 is 1.68 bits per heavy atom. The molecule has 0 fully saturated rings. The van der Waals surface area contributed by atoms with E-state index < -0.39 is 0 Å². The number of hydrogen-bond acceptors (Lipinski definition) is 2. The summed E-state index contributed by atoms with van der Waals surface area (Å²) >= 11 is 0. The van der Waals surface area contributed by atoms with Gasteiger partial charge in [-0.1, -0.05) is 108 Å². The van der Waals surface area contributed by atoms with E-state index in [1.54, 1.807) is 10.8 Å². The van der Waals surface area contributed by atoms with E-state index in [4.69, 9.17) is 0 Å². The zero-order valence-corrected chi connectivity index (χ0v) is 17.3. The predicted octanol–water partition coefficient (Wildman–Crippen LogP) is 8.06. The lowest BCUT2D eigenvalue weighted by Crippen LogP contribution is -2.20. The van der Waals surface area contributed by atoms with Crippen LogP contribution in [0.1, 0.15) is 98.8 Å². The van der Waals surface area contributed by atoms with Crippen molar-refractivity contribution in [3.63, 3.8) is 0 Å². The predicted molar refractivity (Wildman–Crippen MR) is 106 cm³/mol. The van der Waals surface area contributed by atoms with Crippen LogP contribution in [0.25, 0.3) is 0 Å². The lowest BCUT2D eigenvalue weighted by Gasteiger charge is -2.27. The third-order valence-electron chi connectivity index (χ3n) is 3.96. The summed E-state index contributed by atoms with van der Waals surface area (Å²) in [5, 5.41) is 0.187. The number of unbranched alkanes of at least 4 members (excludes halogenated alkanes) is 6. The summed E-state index contributed by atoms with van der Waals surface area (Å²) in [7, 11) is 3.66. The Balaban J connectivity index is 4.34. The van der Waals surface area contributed by atoms with E-state index >= 15 is 0 Å². The number of halogens is 1. The third-order valence-corrected chi connectivity index (χ3v) is 7.84. The SMILES string of the molecule is CCCCCCC(CCCCCC)[C@H](CF)SSC(C)(C)C. The number of alkyl halides is 1. The van der Waals surface area contributed by atoms with Crippen LogP contribution in [0, 0.1) is 5.92 Å². The largest absolute Gasteiger partial charge is 0.250 e. The quantitative estimate of drug-likeness (QED) is 0.229. The van der Waals surface area contributed by atoms with E-state index in [-0.39, 0.29) is 16.7 Å². The summed E-state index contributed by atoms with van der Waals surface area (Å²) in [6.45, 7) is 11.0. The van der Waals surface area contributed by atoms with Crippen molar-refractivity contribution in [3.8, 4) is 0 Å². The van der Waals surface area contributed by atoms with Gasteiger partial charge in [-0.3, -0.25) is 0 Å². The van der Waals surface area contributed by atoms with Crippen molar-refractivity contribution in [2.24, 2.45) is 5.92 Å². The number of hydrogen-bond donors (Lipinski definition) is 0. The van der Waals surface area contributed by atoms with Crippen molar-refractivity contribution in [3.05, 3.63) is 0 Å². The minimum Gasteiger partial charge on any atom is -0.250 e. The molecule has 3 heteroatoms. The highest BCUT2D eigenvalue weighted by Gasteiger charge is 2.24. The first-order valence-electron chi connectivity index (χ1n) is 9.35. The minimum atomic E-state index is -0.167. The molecule has 0 rings (SSSR count). The molecular formula is C19H39FS2. The topological polar surface area (TPSA) is 0 Å². The average molecular weight is 351 g/mol. The van der Waals surface area contributed by atoms with Crippen LogP contribution >= 0.6 is 21.6 Å². The summed E-state index contributed by atoms with van der Waals surface area (Å²) < 4.78 is 13.8. The highest BCUT2D eigenvalue weighted by atomic mass is 33.1. The van der Waals surface area contributed by atoms with Gasteiger partial charge < -0.3 is 0 Å². The van der Waals surface area contributed by atoms with E-state index in [9.17, 15) is 4.39 Å². The summed E-state index contributed by atoms with van der Waals surface area (Å²) in [6, 6.07) is 0. The van der Waals surface area contributed by atoms with Gasteiger partial charge >= 0.3 is 0 Å². The Morgan fingerprint density at radius 1 is 0.818 bits per heavy atom. The van der Waals surface area contributed by atoms with Crippen LogP contribution in [0.4, 0.5) is 4.39 Å². The van der Waals surface area contributed by atoms with Crippen LogP contribution in [-0.2, 0) is 0 Å². The van der Waals surface area contributed by atoms with E-state index in [2.05, 4.69) is 34.6 Å². The molecule has 0 saturated heterocycles. The fourth-order valence-electron chi connectivity index (χ4n) is 2.62. The van der Waals surface area contributed by atoms with Crippen LogP contribution in [0.2, 0.25) is 0 Å². The second-order valence-corrected chi connectivity index (χ2v) is 10.7. The average Bonchev–Trinajstić information content (AvgIpc) is 2.46. The normalized spacial score (nSPS) is 13.8. The van der Waals surface area contributed by atoms with Crippen molar-refractivity contribution < 1.29 is 4.39 Å². The Labute approximate surface area is 147 Å². The monoisotopic (exact) mass is 350 g/mol. The second kappa shape index (κ2) is 14.0. The van der Waals surface area contributed by atoms with Gasteiger partial charge in [0.2, 0.25) is 0 Å². The van der Waals surface area contributed by atoms with Crippen molar-refractivity contribution in [1.29, 1.82) is 0 Å². The molecule has 0 aromatic heterocycles. The first-order chi connectivity index (χ1) is 10.4. The molecule has 0 spiro atoms. The van der Waals surface area contributed by atoms with Crippen LogP contribution < -0.4 is 0 Å². The molecule has 0 amide bonds. The molecule has 0 saturated carbocycles. The van der Waals surface area contributed by atoms with E-state index in [0.29, 0.717) is 5.92 Å². The maximum atomic E-state index is 13.6. The van der Waals surface area contributed by atoms with E-state index in [1.807, 2.05) is 10.8 Å². The van der Waals surface area contributed by atoms with Gasteiger partial charge in [0.05, 0.1) is 0 Å². The van der Waals surface area contributed by atoms with Gasteiger partial charge in [-0.2, -0.15) is 0 Å². The molecule has 134 valence electrons. The molecule has 0 aromatic rings. The van der Waals surface area contributed by atoms with Crippen molar-refractivity contribution in [2.45, 2.75) is 109 Å². The fraction of sp³-hybridized carbons (Fsp3) is 1.00. The molecule has 0 unspecified atom stereocenters.